The van der Waals surface area contributed by atoms with E-state index in [0.29, 0.717) is 12.6 Å². The Morgan fingerprint density at radius 3 is 3.00 bits per heavy atom. The highest BCUT2D eigenvalue weighted by Crippen LogP contribution is 2.12. The molecule has 0 bridgehead atoms. The molecule has 0 radical (unpaired) electrons. The van der Waals surface area contributed by atoms with Crippen LogP contribution in [-0.2, 0) is 9.53 Å². The minimum absolute atomic E-state index is 0.224. The summed E-state index contributed by atoms with van der Waals surface area (Å²) in [6, 6.07) is 0.349. The van der Waals surface area contributed by atoms with Gasteiger partial charge in [0.2, 0.25) is 0 Å². The van der Waals surface area contributed by atoms with E-state index in [1.54, 1.807) is 6.08 Å². The molecule has 0 aromatic carbocycles. The number of carbonyl (C=O) groups is 1. The molecule has 2 atom stereocenters. The first-order valence-corrected chi connectivity index (χ1v) is 4.86. The van der Waals surface area contributed by atoms with Gasteiger partial charge in [0.1, 0.15) is 0 Å². The average Bonchev–Trinajstić information content (AvgIpc) is 2.12. The van der Waals surface area contributed by atoms with Crippen LogP contribution in [0, 0.1) is 0 Å². The molecule has 14 heavy (non-hydrogen) atoms. The van der Waals surface area contributed by atoms with E-state index in [4.69, 9.17) is 9.84 Å². The minimum Gasteiger partial charge on any atom is -0.478 e. The number of hydrogen-bond acceptors (Lipinski definition) is 3. The summed E-state index contributed by atoms with van der Waals surface area (Å²) in [7, 11) is 0. The van der Waals surface area contributed by atoms with E-state index >= 15 is 0 Å². The molecular weight excluding hydrogens is 182 g/mol. The lowest BCUT2D eigenvalue weighted by molar-refractivity contribution is -0.131. The quantitative estimate of drug-likeness (QED) is 0.681. The minimum atomic E-state index is -0.890. The molecular formula is C10H17NO3. The first-order valence-electron chi connectivity index (χ1n) is 4.86. The van der Waals surface area contributed by atoms with Gasteiger partial charge in [0, 0.05) is 25.2 Å². The van der Waals surface area contributed by atoms with Gasteiger partial charge in [0.25, 0.3) is 0 Å². The second-order valence-electron chi connectivity index (χ2n) is 3.55. The van der Waals surface area contributed by atoms with Crippen LogP contribution in [0.3, 0.4) is 0 Å². The largest absolute Gasteiger partial charge is 0.478 e. The number of carboxylic acid groups (broad SMARTS) is 1. The molecule has 0 amide bonds. The highest BCUT2D eigenvalue weighted by molar-refractivity contribution is 5.79. The monoisotopic (exact) mass is 199 g/mol. The number of morpholine rings is 1. The third kappa shape index (κ3) is 3.12. The molecule has 1 N–H and O–H groups in total. The molecule has 4 nitrogen and oxygen atoms in total. The molecule has 0 spiro atoms. The van der Waals surface area contributed by atoms with Crippen molar-refractivity contribution in [3.8, 4) is 0 Å². The number of ether oxygens (including phenoxy) is 1. The van der Waals surface area contributed by atoms with Crippen molar-refractivity contribution < 1.29 is 14.6 Å². The van der Waals surface area contributed by atoms with Crippen LogP contribution in [0.2, 0.25) is 0 Å². The molecule has 4 heteroatoms. The Labute approximate surface area is 84.2 Å². The van der Waals surface area contributed by atoms with Gasteiger partial charge in [-0.3, -0.25) is 4.90 Å². The van der Waals surface area contributed by atoms with Crippen molar-refractivity contribution in [3.05, 3.63) is 12.2 Å². The van der Waals surface area contributed by atoms with Crippen LogP contribution in [0.25, 0.3) is 0 Å². The van der Waals surface area contributed by atoms with Crippen molar-refractivity contribution in [3.63, 3.8) is 0 Å². The van der Waals surface area contributed by atoms with E-state index < -0.39 is 5.97 Å². The standard InChI is InChI=1S/C10H17NO3/c1-8-9(2)14-7-6-11(8)5-3-4-10(12)13/h3-4,8-9H,5-7H2,1-2H3,(H,12,13)/b4-3+. The number of aliphatic carboxylic acids is 1. The average molecular weight is 199 g/mol. The van der Waals surface area contributed by atoms with Crippen LogP contribution in [0.4, 0.5) is 0 Å². The Kier molecular flexibility index (Phi) is 4.10. The van der Waals surface area contributed by atoms with Crippen molar-refractivity contribution in [2.75, 3.05) is 19.7 Å². The van der Waals surface area contributed by atoms with E-state index in [2.05, 4.69) is 11.8 Å². The van der Waals surface area contributed by atoms with Gasteiger partial charge in [0.05, 0.1) is 12.7 Å². The van der Waals surface area contributed by atoms with Gasteiger partial charge in [-0.15, -0.1) is 0 Å². The normalized spacial score (nSPS) is 29.6. The maximum Gasteiger partial charge on any atom is 0.328 e. The Hall–Kier alpha value is -0.870. The Morgan fingerprint density at radius 1 is 1.64 bits per heavy atom. The van der Waals surface area contributed by atoms with Crippen molar-refractivity contribution in [2.24, 2.45) is 0 Å². The predicted molar refractivity (Wildman–Crippen MR) is 53.2 cm³/mol. The molecule has 1 rings (SSSR count). The lowest BCUT2D eigenvalue weighted by atomic mass is 10.1. The highest BCUT2D eigenvalue weighted by atomic mass is 16.5. The summed E-state index contributed by atoms with van der Waals surface area (Å²) in [4.78, 5) is 12.5. The summed E-state index contributed by atoms with van der Waals surface area (Å²) < 4.78 is 5.47. The van der Waals surface area contributed by atoms with Crippen LogP contribution < -0.4 is 0 Å². The maximum absolute atomic E-state index is 10.3. The molecule has 2 unspecified atom stereocenters. The van der Waals surface area contributed by atoms with E-state index in [-0.39, 0.29) is 6.10 Å². The number of hydrogen-bond donors (Lipinski definition) is 1. The topological polar surface area (TPSA) is 49.8 Å². The van der Waals surface area contributed by atoms with Crippen LogP contribution in [0.1, 0.15) is 13.8 Å². The fourth-order valence-electron chi connectivity index (χ4n) is 1.54. The fourth-order valence-corrected chi connectivity index (χ4v) is 1.54. The fraction of sp³-hybridized carbons (Fsp3) is 0.700. The molecule has 80 valence electrons. The predicted octanol–water partition coefficient (Wildman–Crippen LogP) is 0.736. The van der Waals surface area contributed by atoms with Gasteiger partial charge in [-0.2, -0.15) is 0 Å². The van der Waals surface area contributed by atoms with E-state index in [1.807, 2.05) is 6.92 Å². The highest BCUT2D eigenvalue weighted by Gasteiger charge is 2.23. The zero-order valence-electron chi connectivity index (χ0n) is 8.64. The van der Waals surface area contributed by atoms with Crippen LogP contribution in [0.15, 0.2) is 12.2 Å². The molecule has 0 aromatic rings. The maximum atomic E-state index is 10.3. The first-order chi connectivity index (χ1) is 6.61. The second-order valence-corrected chi connectivity index (χ2v) is 3.55. The third-order valence-corrected chi connectivity index (χ3v) is 2.61. The molecule has 0 saturated carbocycles. The molecule has 1 heterocycles. The Morgan fingerprint density at radius 2 is 2.36 bits per heavy atom. The first kappa shape index (κ1) is 11.2. The number of rotatable bonds is 3. The van der Waals surface area contributed by atoms with E-state index in [9.17, 15) is 4.79 Å². The summed E-state index contributed by atoms with van der Waals surface area (Å²) in [5, 5.41) is 8.43. The lowest BCUT2D eigenvalue weighted by Crippen LogP contribution is -2.48. The lowest BCUT2D eigenvalue weighted by Gasteiger charge is -2.37. The summed E-state index contributed by atoms with van der Waals surface area (Å²) in [6.45, 7) is 6.42. The molecule has 0 aromatic heterocycles. The molecule has 1 aliphatic rings. The summed E-state index contributed by atoms with van der Waals surface area (Å²) in [6.07, 6.45) is 3.09. The summed E-state index contributed by atoms with van der Waals surface area (Å²) in [5.41, 5.74) is 0. The van der Waals surface area contributed by atoms with Gasteiger partial charge in [-0.25, -0.2) is 4.79 Å². The van der Waals surface area contributed by atoms with Gasteiger partial charge in [-0.1, -0.05) is 6.08 Å². The number of carboxylic acids is 1. The number of nitrogens with zero attached hydrogens (tertiary/aromatic N) is 1. The van der Waals surface area contributed by atoms with Crippen LogP contribution >= 0.6 is 0 Å². The van der Waals surface area contributed by atoms with Crippen LogP contribution in [-0.4, -0.2) is 47.8 Å². The van der Waals surface area contributed by atoms with Gasteiger partial charge in [0.15, 0.2) is 0 Å². The molecule has 1 fully saturated rings. The molecule has 1 saturated heterocycles. The van der Waals surface area contributed by atoms with Crippen molar-refractivity contribution in [2.45, 2.75) is 26.0 Å². The molecule has 1 aliphatic heterocycles. The molecule has 0 aliphatic carbocycles. The summed E-state index contributed by atoms with van der Waals surface area (Å²) >= 11 is 0. The SMILES string of the molecule is CC1OCCN(C/C=C/C(=O)O)C1C. The van der Waals surface area contributed by atoms with E-state index in [0.717, 1.165) is 13.2 Å². The van der Waals surface area contributed by atoms with Crippen molar-refractivity contribution >= 4 is 5.97 Å². The zero-order valence-corrected chi connectivity index (χ0v) is 8.64. The van der Waals surface area contributed by atoms with Gasteiger partial charge < -0.3 is 9.84 Å². The Balaban J connectivity index is 2.39. The van der Waals surface area contributed by atoms with Crippen molar-refractivity contribution in [1.29, 1.82) is 0 Å². The third-order valence-electron chi connectivity index (χ3n) is 2.61. The van der Waals surface area contributed by atoms with Gasteiger partial charge in [-0.05, 0) is 13.8 Å². The van der Waals surface area contributed by atoms with Gasteiger partial charge >= 0.3 is 5.97 Å². The smallest absolute Gasteiger partial charge is 0.328 e. The van der Waals surface area contributed by atoms with Crippen molar-refractivity contribution in [1.82, 2.24) is 4.90 Å². The Bertz CT molecular complexity index is 227. The second kappa shape index (κ2) is 5.12. The van der Waals surface area contributed by atoms with Crippen LogP contribution in [0.5, 0.6) is 0 Å². The zero-order chi connectivity index (χ0) is 10.6. The summed E-state index contributed by atoms with van der Waals surface area (Å²) in [5.74, 6) is -0.890. The van der Waals surface area contributed by atoms with E-state index in [1.165, 1.54) is 6.08 Å².